The molecule has 1 saturated carbocycles. The van der Waals surface area contributed by atoms with Crippen molar-refractivity contribution in [3.05, 3.63) is 29.3 Å². The Kier molecular flexibility index (Phi) is 4.23. The second kappa shape index (κ2) is 5.70. The number of nitrogens with two attached hydrogens (primary N) is 1. The van der Waals surface area contributed by atoms with Gasteiger partial charge in [-0.15, -0.1) is 0 Å². The van der Waals surface area contributed by atoms with E-state index in [0.29, 0.717) is 11.0 Å². The molecule has 1 aromatic rings. The van der Waals surface area contributed by atoms with E-state index in [1.807, 2.05) is 12.1 Å². The summed E-state index contributed by atoms with van der Waals surface area (Å²) >= 11 is 5.18. The molecule has 0 spiro atoms. The van der Waals surface area contributed by atoms with Gasteiger partial charge < -0.3 is 10.6 Å². The van der Waals surface area contributed by atoms with Crippen molar-refractivity contribution in [2.45, 2.75) is 45.1 Å². The molecule has 0 amide bonds. The maximum Gasteiger partial charge on any atom is 0.106 e. The Morgan fingerprint density at radius 1 is 1.28 bits per heavy atom. The molecule has 0 atom stereocenters. The molecular weight excluding hydrogens is 240 g/mol. The van der Waals surface area contributed by atoms with Crippen LogP contribution in [-0.2, 0) is 0 Å². The third kappa shape index (κ3) is 2.66. The molecule has 98 valence electrons. The molecule has 0 heterocycles. The minimum atomic E-state index is 0.497. The van der Waals surface area contributed by atoms with Crippen LogP contribution < -0.4 is 10.6 Å². The Morgan fingerprint density at radius 3 is 2.56 bits per heavy atom. The maximum absolute atomic E-state index is 5.86. The molecule has 0 saturated heterocycles. The second-order valence-electron chi connectivity index (χ2n) is 5.24. The molecule has 18 heavy (non-hydrogen) atoms. The highest BCUT2D eigenvalue weighted by molar-refractivity contribution is 7.80. The number of rotatable bonds is 3. The standard InChI is InChI=1S/C15H22N2S/c1-11-7-6-10-13(15(16)18)14(11)17(2)12-8-4-3-5-9-12/h6-7,10,12H,3-5,8-9H2,1-2H3,(H2,16,18). The van der Waals surface area contributed by atoms with Crippen LogP contribution in [0.3, 0.4) is 0 Å². The first-order valence-electron chi connectivity index (χ1n) is 6.73. The quantitative estimate of drug-likeness (QED) is 0.847. The summed E-state index contributed by atoms with van der Waals surface area (Å²) in [5.74, 6) is 0. The normalized spacial score (nSPS) is 16.6. The molecule has 0 unspecified atom stereocenters. The number of benzene rings is 1. The number of thiocarbonyl (C=S) groups is 1. The lowest BCUT2D eigenvalue weighted by atomic mass is 9.93. The number of hydrogen-bond acceptors (Lipinski definition) is 2. The number of nitrogens with zero attached hydrogens (tertiary/aromatic N) is 1. The van der Waals surface area contributed by atoms with E-state index < -0.39 is 0 Å². The molecular formula is C15H22N2S. The number of anilines is 1. The van der Waals surface area contributed by atoms with Gasteiger partial charge in [-0.05, 0) is 31.4 Å². The van der Waals surface area contributed by atoms with Crippen molar-refractivity contribution in [1.82, 2.24) is 0 Å². The lowest BCUT2D eigenvalue weighted by molar-refractivity contribution is 0.427. The van der Waals surface area contributed by atoms with Crippen LogP contribution in [0.2, 0.25) is 0 Å². The fourth-order valence-electron chi connectivity index (χ4n) is 2.98. The van der Waals surface area contributed by atoms with Crippen LogP contribution in [0.25, 0.3) is 0 Å². The Bertz CT molecular complexity index is 436. The molecule has 2 nitrogen and oxygen atoms in total. The van der Waals surface area contributed by atoms with E-state index in [1.54, 1.807) is 0 Å². The Morgan fingerprint density at radius 2 is 1.94 bits per heavy atom. The maximum atomic E-state index is 5.86. The van der Waals surface area contributed by atoms with E-state index in [4.69, 9.17) is 18.0 Å². The van der Waals surface area contributed by atoms with Crippen LogP contribution in [0.5, 0.6) is 0 Å². The van der Waals surface area contributed by atoms with Gasteiger partial charge >= 0.3 is 0 Å². The molecule has 1 aromatic carbocycles. The zero-order chi connectivity index (χ0) is 13.1. The largest absolute Gasteiger partial charge is 0.389 e. The Labute approximate surface area is 115 Å². The highest BCUT2D eigenvalue weighted by atomic mass is 32.1. The molecule has 0 aromatic heterocycles. The summed E-state index contributed by atoms with van der Waals surface area (Å²) < 4.78 is 0. The predicted octanol–water partition coefficient (Wildman–Crippen LogP) is 3.40. The first kappa shape index (κ1) is 13.3. The Hall–Kier alpha value is -1.09. The fraction of sp³-hybridized carbons (Fsp3) is 0.533. The fourth-order valence-corrected chi connectivity index (χ4v) is 3.14. The average molecular weight is 262 g/mol. The van der Waals surface area contributed by atoms with E-state index in [-0.39, 0.29) is 0 Å². The lowest BCUT2D eigenvalue weighted by Crippen LogP contribution is -2.35. The molecule has 1 aliphatic rings. The van der Waals surface area contributed by atoms with Crippen LogP contribution >= 0.6 is 12.2 Å². The summed E-state index contributed by atoms with van der Waals surface area (Å²) in [6, 6.07) is 6.83. The highest BCUT2D eigenvalue weighted by Gasteiger charge is 2.21. The van der Waals surface area contributed by atoms with Gasteiger partial charge in [0.2, 0.25) is 0 Å². The van der Waals surface area contributed by atoms with E-state index in [0.717, 1.165) is 5.56 Å². The van der Waals surface area contributed by atoms with E-state index in [9.17, 15) is 0 Å². The zero-order valence-corrected chi connectivity index (χ0v) is 12.1. The summed E-state index contributed by atoms with van der Waals surface area (Å²) in [6.45, 7) is 2.14. The predicted molar refractivity (Wildman–Crippen MR) is 82.3 cm³/mol. The van der Waals surface area contributed by atoms with Crippen LogP contribution in [-0.4, -0.2) is 18.1 Å². The smallest absolute Gasteiger partial charge is 0.106 e. The first-order chi connectivity index (χ1) is 8.61. The number of hydrogen-bond donors (Lipinski definition) is 1. The van der Waals surface area contributed by atoms with Crippen LogP contribution in [0, 0.1) is 6.92 Å². The molecule has 3 heteroatoms. The molecule has 0 radical (unpaired) electrons. The van der Waals surface area contributed by atoms with Gasteiger partial charge in [0.05, 0.1) is 0 Å². The molecule has 2 N–H and O–H groups in total. The minimum absolute atomic E-state index is 0.497. The van der Waals surface area contributed by atoms with E-state index >= 15 is 0 Å². The SMILES string of the molecule is Cc1cccc(C(N)=S)c1N(C)C1CCCCC1. The summed E-state index contributed by atoms with van der Waals surface area (Å²) in [7, 11) is 2.18. The number of para-hydroxylation sites is 1. The summed E-state index contributed by atoms with van der Waals surface area (Å²) in [5, 5.41) is 0. The van der Waals surface area contributed by atoms with Crippen molar-refractivity contribution in [3.63, 3.8) is 0 Å². The van der Waals surface area contributed by atoms with Crippen molar-refractivity contribution in [2.75, 3.05) is 11.9 Å². The van der Waals surface area contributed by atoms with Crippen LogP contribution in [0.15, 0.2) is 18.2 Å². The van der Waals surface area contributed by atoms with Gasteiger partial charge in [-0.25, -0.2) is 0 Å². The summed E-state index contributed by atoms with van der Waals surface area (Å²) in [4.78, 5) is 2.89. The van der Waals surface area contributed by atoms with Gasteiger partial charge in [0.1, 0.15) is 4.99 Å². The van der Waals surface area contributed by atoms with Gasteiger partial charge in [0, 0.05) is 24.3 Å². The molecule has 1 aliphatic carbocycles. The third-order valence-corrected chi connectivity index (χ3v) is 4.20. The summed E-state index contributed by atoms with van der Waals surface area (Å²) in [6.07, 6.45) is 6.61. The van der Waals surface area contributed by atoms with Gasteiger partial charge in [0.15, 0.2) is 0 Å². The van der Waals surface area contributed by atoms with Gasteiger partial charge in [0.25, 0.3) is 0 Å². The third-order valence-electron chi connectivity index (χ3n) is 3.98. The molecule has 1 fully saturated rings. The van der Waals surface area contributed by atoms with Crippen molar-refractivity contribution < 1.29 is 0 Å². The second-order valence-corrected chi connectivity index (χ2v) is 5.68. The van der Waals surface area contributed by atoms with Crippen LogP contribution in [0.4, 0.5) is 5.69 Å². The summed E-state index contributed by atoms with van der Waals surface area (Å²) in [5.41, 5.74) is 9.34. The van der Waals surface area contributed by atoms with Crippen LogP contribution in [0.1, 0.15) is 43.2 Å². The van der Waals surface area contributed by atoms with Gasteiger partial charge in [-0.2, -0.15) is 0 Å². The minimum Gasteiger partial charge on any atom is -0.389 e. The van der Waals surface area contributed by atoms with E-state index in [2.05, 4.69) is 24.9 Å². The molecule has 0 aliphatic heterocycles. The van der Waals surface area contributed by atoms with Crippen molar-refractivity contribution in [2.24, 2.45) is 5.73 Å². The lowest BCUT2D eigenvalue weighted by Gasteiger charge is -2.35. The highest BCUT2D eigenvalue weighted by Crippen LogP contribution is 2.30. The average Bonchev–Trinajstić information content (AvgIpc) is 2.38. The van der Waals surface area contributed by atoms with Gasteiger partial charge in [-0.1, -0.05) is 43.6 Å². The van der Waals surface area contributed by atoms with Crippen molar-refractivity contribution in [3.8, 4) is 0 Å². The first-order valence-corrected chi connectivity index (χ1v) is 7.14. The Balaban J connectivity index is 2.33. The monoisotopic (exact) mass is 262 g/mol. The van der Waals surface area contributed by atoms with E-state index in [1.165, 1.54) is 43.4 Å². The zero-order valence-electron chi connectivity index (χ0n) is 11.3. The van der Waals surface area contributed by atoms with Gasteiger partial charge in [-0.3, -0.25) is 0 Å². The topological polar surface area (TPSA) is 29.3 Å². The number of aryl methyl sites for hydroxylation is 1. The van der Waals surface area contributed by atoms with Crippen molar-refractivity contribution >= 4 is 22.9 Å². The van der Waals surface area contributed by atoms with Crippen molar-refractivity contribution in [1.29, 1.82) is 0 Å². The molecule has 0 bridgehead atoms. The molecule has 2 rings (SSSR count).